The summed E-state index contributed by atoms with van der Waals surface area (Å²) in [5.41, 5.74) is -4.02. The lowest BCUT2D eigenvalue weighted by atomic mass is 9.98. The smallest absolute Gasteiger partial charge is 0.433 e. The zero-order valence-corrected chi connectivity index (χ0v) is 38.7. The Balaban J connectivity index is 0.000000254. The Kier molecular flexibility index (Phi) is 15.7. The van der Waals surface area contributed by atoms with Gasteiger partial charge >= 0.3 is 24.5 Å². The van der Waals surface area contributed by atoms with E-state index >= 15 is 0 Å². The highest BCUT2D eigenvalue weighted by Crippen LogP contribution is 2.34. The molecule has 0 aliphatic carbocycles. The zero-order chi connectivity index (χ0) is 50.6. The van der Waals surface area contributed by atoms with Gasteiger partial charge in [-0.2, -0.15) is 26.3 Å². The predicted octanol–water partition coefficient (Wildman–Crippen LogP) is 8.62. The minimum Gasteiger partial charge on any atom is -0.444 e. The molecule has 368 valence electrons. The SMILES string of the molecule is CC1(F)C[C@@H](C(=O)CCc2cc(-c3ccc(C(F)(F)F)nc3)ncn2)N(C(=O)OC(C)(C)C)C1.CC1(O)C[C@@H](C(=O)CCc2cc(-c3ccc(C(F)(F)F)nc3)ncn2)N(C(=O)OC(C)(C)C)C1. The highest BCUT2D eigenvalue weighted by molar-refractivity contribution is 5.89. The van der Waals surface area contributed by atoms with Gasteiger partial charge in [-0.25, -0.2) is 33.9 Å². The van der Waals surface area contributed by atoms with Crippen LogP contribution < -0.4 is 0 Å². The number of amides is 2. The van der Waals surface area contributed by atoms with E-state index in [9.17, 15) is 55.0 Å². The van der Waals surface area contributed by atoms with Crippen LogP contribution in [0.15, 0.2) is 61.4 Å². The molecule has 4 aromatic rings. The van der Waals surface area contributed by atoms with E-state index in [1.807, 2.05) is 0 Å². The number of hydrogen-bond donors (Lipinski definition) is 1. The molecule has 2 aliphatic rings. The molecule has 2 aliphatic heterocycles. The van der Waals surface area contributed by atoms with Crippen molar-refractivity contribution in [3.63, 3.8) is 0 Å². The number of hydrogen-bond acceptors (Lipinski definition) is 13. The van der Waals surface area contributed by atoms with E-state index in [-0.39, 0.29) is 63.2 Å². The van der Waals surface area contributed by atoms with Crippen molar-refractivity contribution in [2.75, 3.05) is 13.1 Å². The fourth-order valence-corrected chi connectivity index (χ4v) is 7.36. The molecule has 68 heavy (non-hydrogen) atoms. The van der Waals surface area contributed by atoms with Gasteiger partial charge in [0.15, 0.2) is 11.6 Å². The molecule has 1 N–H and O–H groups in total. The summed E-state index contributed by atoms with van der Waals surface area (Å²) in [5, 5.41) is 10.5. The lowest BCUT2D eigenvalue weighted by Crippen LogP contribution is -2.44. The van der Waals surface area contributed by atoms with E-state index in [1.54, 1.807) is 60.6 Å². The maximum atomic E-state index is 14.7. The molecule has 0 aromatic carbocycles. The topological polar surface area (TPSA) is 191 Å². The third kappa shape index (κ3) is 14.9. The maximum Gasteiger partial charge on any atom is 0.433 e. The van der Waals surface area contributed by atoms with E-state index in [1.165, 1.54) is 36.6 Å². The second-order valence-electron chi connectivity index (χ2n) is 19.1. The summed E-state index contributed by atoms with van der Waals surface area (Å²) in [6.07, 6.45) is -5.42. The molecule has 22 heteroatoms. The number of carbonyl (C=O) groups excluding carboxylic acids is 4. The Morgan fingerprint density at radius 3 is 1.40 bits per heavy atom. The standard InChI is InChI=1S/C23H26F4N4O3.C23H27F3N4O4/c1-21(2,3)34-20(33)31-12-22(4,24)10-17(31)18(32)7-6-15-9-16(30-13-29-15)14-5-8-19(28-11-14)23(25,26)27;1-21(2,3)34-20(32)30-12-22(4,33)10-17(30)18(31)7-6-15-9-16(29-13-28-15)14-5-8-19(27-11-14)23(24,25)26/h5,8-9,11,13,17H,6-7,10,12H2,1-4H3;5,8-9,11,13,17,33H,6-7,10,12H2,1-4H3/t2*17-,22?/m00/s1. The van der Waals surface area contributed by atoms with Gasteiger partial charge in [0.2, 0.25) is 0 Å². The van der Waals surface area contributed by atoms with Crippen LogP contribution in [-0.4, -0.2) is 116 Å². The molecule has 0 bridgehead atoms. The Bertz CT molecular complexity index is 2270. The summed E-state index contributed by atoms with van der Waals surface area (Å²) in [5.74, 6) is -0.580. The normalized spacial score (nSPS) is 20.9. The number of β-amino-alcohol motifs (C(OH)–C–C–N with tert-alkyl or cyclic N) is 1. The minimum atomic E-state index is -4.54. The highest BCUT2D eigenvalue weighted by atomic mass is 19.4. The van der Waals surface area contributed by atoms with Crippen LogP contribution in [-0.2, 0) is 44.3 Å². The molecule has 0 spiro atoms. The van der Waals surface area contributed by atoms with E-state index in [0.717, 1.165) is 29.4 Å². The monoisotopic (exact) mass is 962 g/mol. The van der Waals surface area contributed by atoms with Gasteiger partial charge < -0.3 is 14.6 Å². The number of halogens is 7. The number of aliphatic hydroxyl groups is 1. The van der Waals surface area contributed by atoms with Crippen molar-refractivity contribution in [3.05, 3.63) is 84.2 Å². The van der Waals surface area contributed by atoms with Crippen molar-refractivity contribution in [3.8, 4) is 22.5 Å². The number of rotatable bonds is 10. The molecule has 15 nitrogen and oxygen atoms in total. The molecule has 4 atom stereocenters. The molecule has 2 unspecified atom stereocenters. The van der Waals surface area contributed by atoms with Crippen molar-refractivity contribution < 1.29 is 64.5 Å². The van der Waals surface area contributed by atoms with Crippen LogP contribution in [0.2, 0.25) is 0 Å². The number of ketones is 2. The lowest BCUT2D eigenvalue weighted by molar-refractivity contribution is -0.141. The average molecular weight is 963 g/mol. The summed E-state index contributed by atoms with van der Waals surface area (Å²) in [6, 6.07) is 5.61. The summed E-state index contributed by atoms with van der Waals surface area (Å²) in [6.45, 7) is 12.9. The van der Waals surface area contributed by atoms with E-state index in [4.69, 9.17) is 9.47 Å². The van der Waals surface area contributed by atoms with E-state index < -0.39 is 70.5 Å². The van der Waals surface area contributed by atoms with Crippen LogP contribution in [0.1, 0.15) is 104 Å². The number of alkyl halides is 7. The van der Waals surface area contributed by atoms with Crippen molar-refractivity contribution >= 4 is 23.8 Å². The molecule has 2 saturated heterocycles. The molecule has 2 fully saturated rings. The Morgan fingerprint density at radius 2 is 1.03 bits per heavy atom. The molecular formula is C46H53F7N8O7. The van der Waals surface area contributed by atoms with Crippen LogP contribution in [0, 0.1) is 0 Å². The number of ether oxygens (including phenoxy) is 2. The number of pyridine rings is 2. The van der Waals surface area contributed by atoms with E-state index in [0.29, 0.717) is 33.9 Å². The number of nitrogens with zero attached hydrogens (tertiary/aromatic N) is 8. The van der Waals surface area contributed by atoms with Crippen LogP contribution in [0.3, 0.4) is 0 Å². The molecule has 4 aromatic heterocycles. The van der Waals surface area contributed by atoms with Crippen molar-refractivity contribution in [2.45, 2.75) is 141 Å². The third-order valence-corrected chi connectivity index (χ3v) is 10.4. The van der Waals surface area contributed by atoms with Crippen LogP contribution in [0.4, 0.5) is 40.3 Å². The van der Waals surface area contributed by atoms with Gasteiger partial charge in [0.1, 0.15) is 40.9 Å². The second-order valence-corrected chi connectivity index (χ2v) is 19.1. The summed E-state index contributed by atoms with van der Waals surface area (Å²) in [4.78, 5) is 76.6. The molecule has 6 rings (SSSR count). The van der Waals surface area contributed by atoms with E-state index in [2.05, 4.69) is 29.9 Å². The zero-order valence-electron chi connectivity index (χ0n) is 38.7. The Hall–Kier alpha value is -6.19. The number of aryl methyl sites for hydroxylation is 2. The Labute approximate surface area is 387 Å². The lowest BCUT2D eigenvalue weighted by Gasteiger charge is -2.28. The molecular weight excluding hydrogens is 910 g/mol. The first kappa shape index (κ1) is 52.8. The molecule has 0 radical (unpaired) electrons. The van der Waals surface area contributed by atoms with Crippen molar-refractivity contribution in [2.24, 2.45) is 0 Å². The second kappa shape index (κ2) is 20.2. The van der Waals surface area contributed by atoms with Gasteiger partial charge in [0.05, 0.1) is 42.2 Å². The van der Waals surface area contributed by atoms with Gasteiger partial charge in [0.25, 0.3) is 0 Å². The minimum absolute atomic E-state index is 0.0121. The van der Waals surface area contributed by atoms with Crippen LogP contribution >= 0.6 is 0 Å². The van der Waals surface area contributed by atoms with Gasteiger partial charge in [-0.15, -0.1) is 0 Å². The first-order valence-corrected chi connectivity index (χ1v) is 21.4. The van der Waals surface area contributed by atoms with Gasteiger partial charge in [-0.3, -0.25) is 29.4 Å². The van der Waals surface area contributed by atoms with Crippen molar-refractivity contribution in [1.82, 2.24) is 39.7 Å². The predicted molar refractivity (Wildman–Crippen MR) is 230 cm³/mol. The van der Waals surface area contributed by atoms with Crippen molar-refractivity contribution in [1.29, 1.82) is 0 Å². The van der Waals surface area contributed by atoms with Gasteiger partial charge in [-0.1, -0.05) is 0 Å². The maximum absolute atomic E-state index is 14.7. The number of aromatic nitrogens is 6. The summed E-state index contributed by atoms with van der Waals surface area (Å²) in [7, 11) is 0. The fraction of sp³-hybridized carbons (Fsp3) is 0.522. The number of carbonyl (C=O) groups is 4. The average Bonchev–Trinajstić information content (AvgIpc) is 3.75. The van der Waals surface area contributed by atoms with Gasteiger partial charge in [-0.05, 0) is 105 Å². The third-order valence-electron chi connectivity index (χ3n) is 10.4. The quantitative estimate of drug-likeness (QED) is 0.149. The number of likely N-dealkylation sites (tertiary alicyclic amines) is 2. The Morgan fingerprint density at radius 1 is 0.632 bits per heavy atom. The molecule has 6 heterocycles. The first-order valence-electron chi connectivity index (χ1n) is 21.4. The van der Waals surface area contributed by atoms with Crippen LogP contribution in [0.5, 0.6) is 0 Å². The summed E-state index contributed by atoms with van der Waals surface area (Å²) < 4.78 is 102. The highest BCUT2D eigenvalue weighted by Gasteiger charge is 2.48. The first-order chi connectivity index (χ1) is 31.3. The molecule has 2 amide bonds. The van der Waals surface area contributed by atoms with Crippen LogP contribution in [0.25, 0.3) is 22.5 Å². The fourth-order valence-electron chi connectivity index (χ4n) is 7.36. The number of Topliss-reactive ketones (excluding diaryl/α,β-unsaturated/α-hetero) is 2. The molecule has 0 saturated carbocycles. The largest absolute Gasteiger partial charge is 0.444 e. The van der Waals surface area contributed by atoms with Gasteiger partial charge in [0, 0.05) is 60.6 Å². The summed E-state index contributed by atoms with van der Waals surface area (Å²) >= 11 is 0.